The molecule has 0 saturated carbocycles. The van der Waals surface area contributed by atoms with Crippen molar-refractivity contribution in [3.8, 4) is 0 Å². The third-order valence-corrected chi connectivity index (χ3v) is 9.05. The van der Waals surface area contributed by atoms with E-state index in [9.17, 15) is 13.2 Å². The lowest BCUT2D eigenvalue weighted by Crippen LogP contribution is -2.50. The summed E-state index contributed by atoms with van der Waals surface area (Å²) in [7, 11) is -3.49. The SMILES string of the molecule is O=C(CCCSc1nc2ccccc2s1)N1CCN(S(=O)(=O)/C=C/c2ccccc2)CC1. The predicted octanol–water partition coefficient (Wildman–Crippen LogP) is 4.31. The maximum atomic E-state index is 12.6. The summed E-state index contributed by atoms with van der Waals surface area (Å²) in [5, 5.41) is 1.25. The molecule has 1 aliphatic heterocycles. The molecular weight excluding hydrogens is 462 g/mol. The average Bonchev–Trinajstić information content (AvgIpc) is 3.24. The predicted molar refractivity (Wildman–Crippen MR) is 132 cm³/mol. The largest absolute Gasteiger partial charge is 0.340 e. The molecule has 2 heterocycles. The van der Waals surface area contributed by atoms with Crippen LogP contribution in [0.3, 0.4) is 0 Å². The first-order valence-electron chi connectivity index (χ1n) is 10.5. The summed E-state index contributed by atoms with van der Waals surface area (Å²) in [6.07, 6.45) is 2.85. The number of para-hydroxylation sites is 1. The number of aromatic nitrogens is 1. The Labute approximate surface area is 197 Å². The van der Waals surface area contributed by atoms with Gasteiger partial charge in [-0.2, -0.15) is 4.31 Å². The maximum absolute atomic E-state index is 12.6. The van der Waals surface area contributed by atoms with Crippen LogP contribution in [0.2, 0.25) is 0 Å². The van der Waals surface area contributed by atoms with E-state index in [1.165, 1.54) is 14.4 Å². The van der Waals surface area contributed by atoms with Gasteiger partial charge in [-0.25, -0.2) is 13.4 Å². The van der Waals surface area contributed by atoms with Crippen molar-refractivity contribution in [2.24, 2.45) is 0 Å². The number of carbonyl (C=O) groups is 1. The monoisotopic (exact) mass is 487 g/mol. The quantitative estimate of drug-likeness (QED) is 0.350. The molecule has 0 bridgehead atoms. The number of sulfonamides is 1. The van der Waals surface area contributed by atoms with Crippen molar-refractivity contribution in [1.82, 2.24) is 14.2 Å². The number of hydrogen-bond acceptors (Lipinski definition) is 6. The first kappa shape index (κ1) is 23.0. The van der Waals surface area contributed by atoms with E-state index in [2.05, 4.69) is 11.1 Å². The van der Waals surface area contributed by atoms with E-state index < -0.39 is 10.0 Å². The van der Waals surface area contributed by atoms with Crippen LogP contribution in [0.25, 0.3) is 16.3 Å². The summed E-state index contributed by atoms with van der Waals surface area (Å²) in [5.74, 6) is 0.927. The van der Waals surface area contributed by atoms with Gasteiger partial charge in [-0.15, -0.1) is 11.3 Å². The van der Waals surface area contributed by atoms with Gasteiger partial charge >= 0.3 is 0 Å². The molecule has 4 rings (SSSR count). The topological polar surface area (TPSA) is 70.6 Å². The average molecular weight is 488 g/mol. The molecule has 1 amide bonds. The molecule has 6 nitrogen and oxygen atoms in total. The molecule has 0 unspecified atom stereocenters. The third-order valence-electron chi connectivity index (χ3n) is 5.22. The minimum absolute atomic E-state index is 0.0896. The minimum Gasteiger partial charge on any atom is -0.340 e. The second kappa shape index (κ2) is 10.6. The lowest BCUT2D eigenvalue weighted by Gasteiger charge is -2.33. The van der Waals surface area contributed by atoms with Gasteiger partial charge in [0, 0.05) is 43.8 Å². The van der Waals surface area contributed by atoms with Gasteiger partial charge in [-0.05, 0) is 30.2 Å². The van der Waals surface area contributed by atoms with Crippen molar-refractivity contribution in [3.05, 3.63) is 65.6 Å². The van der Waals surface area contributed by atoms with Crippen LogP contribution >= 0.6 is 23.1 Å². The van der Waals surface area contributed by atoms with E-state index in [0.717, 1.165) is 27.6 Å². The normalized spacial score (nSPS) is 15.6. The van der Waals surface area contributed by atoms with Crippen LogP contribution in [-0.2, 0) is 14.8 Å². The fraction of sp³-hybridized carbons (Fsp3) is 0.304. The highest BCUT2D eigenvalue weighted by atomic mass is 32.2. The zero-order valence-electron chi connectivity index (χ0n) is 17.6. The van der Waals surface area contributed by atoms with Crippen molar-refractivity contribution in [2.45, 2.75) is 17.2 Å². The van der Waals surface area contributed by atoms with Gasteiger partial charge in [0.15, 0.2) is 4.34 Å². The van der Waals surface area contributed by atoms with Gasteiger partial charge < -0.3 is 4.90 Å². The second-order valence-corrected chi connectivity index (χ2v) is 11.6. The van der Waals surface area contributed by atoms with Crippen LogP contribution in [0.4, 0.5) is 0 Å². The lowest BCUT2D eigenvalue weighted by atomic mass is 10.2. The molecule has 0 aliphatic carbocycles. The Morgan fingerprint density at radius 1 is 1.03 bits per heavy atom. The van der Waals surface area contributed by atoms with Gasteiger partial charge in [0.2, 0.25) is 15.9 Å². The Balaban J connectivity index is 1.19. The van der Waals surface area contributed by atoms with Crippen LogP contribution in [-0.4, -0.2) is 60.4 Å². The van der Waals surface area contributed by atoms with Gasteiger partial charge in [0.1, 0.15) is 0 Å². The van der Waals surface area contributed by atoms with Gasteiger partial charge in [0.25, 0.3) is 0 Å². The summed E-state index contributed by atoms with van der Waals surface area (Å²) in [6.45, 7) is 1.52. The number of rotatable bonds is 8. The highest BCUT2D eigenvalue weighted by Crippen LogP contribution is 2.29. The summed E-state index contributed by atoms with van der Waals surface area (Å²) in [6, 6.07) is 17.4. The Kier molecular flexibility index (Phi) is 7.62. The van der Waals surface area contributed by atoms with Crippen molar-refractivity contribution >= 4 is 55.3 Å². The third kappa shape index (κ3) is 5.98. The number of benzene rings is 2. The molecule has 3 aromatic rings. The van der Waals surface area contributed by atoms with Crippen LogP contribution in [0.5, 0.6) is 0 Å². The Morgan fingerprint density at radius 2 is 1.75 bits per heavy atom. The van der Waals surface area contributed by atoms with Gasteiger partial charge in [-0.3, -0.25) is 4.79 Å². The highest BCUT2D eigenvalue weighted by Gasteiger charge is 2.27. The lowest BCUT2D eigenvalue weighted by molar-refractivity contribution is -0.132. The van der Waals surface area contributed by atoms with Gasteiger partial charge in [-0.1, -0.05) is 54.2 Å². The number of piperazine rings is 1. The molecule has 9 heteroatoms. The molecule has 0 spiro atoms. The molecule has 1 aromatic heterocycles. The van der Waals surface area contributed by atoms with Crippen LogP contribution in [0.1, 0.15) is 18.4 Å². The Morgan fingerprint density at radius 3 is 2.50 bits per heavy atom. The number of nitrogens with zero attached hydrogens (tertiary/aromatic N) is 3. The first-order valence-corrected chi connectivity index (χ1v) is 13.8. The Bertz CT molecular complexity index is 1150. The van der Waals surface area contributed by atoms with E-state index in [0.29, 0.717) is 32.6 Å². The van der Waals surface area contributed by atoms with Crippen LogP contribution in [0, 0.1) is 0 Å². The smallest absolute Gasteiger partial charge is 0.236 e. The molecule has 2 aromatic carbocycles. The van der Waals surface area contributed by atoms with E-state index >= 15 is 0 Å². The number of amides is 1. The zero-order chi connectivity index (χ0) is 22.4. The number of thioether (sulfide) groups is 1. The van der Waals surface area contributed by atoms with E-state index in [1.807, 2.05) is 48.5 Å². The highest BCUT2D eigenvalue weighted by molar-refractivity contribution is 8.01. The van der Waals surface area contributed by atoms with Crippen molar-refractivity contribution < 1.29 is 13.2 Å². The number of fused-ring (bicyclic) bond motifs is 1. The summed E-state index contributed by atoms with van der Waals surface area (Å²) in [5.41, 5.74) is 1.86. The second-order valence-electron chi connectivity index (χ2n) is 7.44. The summed E-state index contributed by atoms with van der Waals surface area (Å²) >= 11 is 3.36. The molecule has 0 N–H and O–H groups in total. The van der Waals surface area contributed by atoms with Crippen molar-refractivity contribution in [2.75, 3.05) is 31.9 Å². The summed E-state index contributed by atoms with van der Waals surface area (Å²) < 4.78 is 28.8. The molecule has 0 atom stereocenters. The van der Waals surface area contributed by atoms with Crippen molar-refractivity contribution in [3.63, 3.8) is 0 Å². The molecule has 168 valence electrons. The van der Waals surface area contributed by atoms with Crippen LogP contribution < -0.4 is 0 Å². The number of hydrogen-bond donors (Lipinski definition) is 0. The fourth-order valence-electron chi connectivity index (χ4n) is 3.46. The van der Waals surface area contributed by atoms with Crippen molar-refractivity contribution in [1.29, 1.82) is 0 Å². The fourth-order valence-corrected chi connectivity index (χ4v) is 6.71. The van der Waals surface area contributed by atoms with E-state index in [-0.39, 0.29) is 5.91 Å². The molecular formula is C23H25N3O3S3. The Hall–Kier alpha value is -2.20. The first-order chi connectivity index (χ1) is 15.5. The standard InChI is InChI=1S/C23H25N3O3S3/c27-22(11-6-17-30-23-24-20-9-4-5-10-21(20)31-23)25-13-15-26(16-14-25)32(28,29)18-12-19-7-2-1-3-8-19/h1-5,7-10,12,18H,6,11,13-17H2/b18-12+. The molecule has 1 saturated heterocycles. The van der Waals surface area contributed by atoms with Gasteiger partial charge in [0.05, 0.1) is 10.2 Å². The summed E-state index contributed by atoms with van der Waals surface area (Å²) in [4.78, 5) is 18.9. The maximum Gasteiger partial charge on any atom is 0.236 e. The van der Waals surface area contributed by atoms with E-state index in [4.69, 9.17) is 0 Å². The number of carbonyl (C=O) groups excluding carboxylic acids is 1. The zero-order valence-corrected chi connectivity index (χ0v) is 20.0. The molecule has 1 fully saturated rings. The van der Waals surface area contributed by atoms with Crippen LogP contribution in [0.15, 0.2) is 64.3 Å². The minimum atomic E-state index is -3.49. The van der Waals surface area contributed by atoms with E-state index in [1.54, 1.807) is 34.1 Å². The molecule has 0 radical (unpaired) electrons. The molecule has 1 aliphatic rings. The molecule has 32 heavy (non-hydrogen) atoms. The number of thiazole rings is 1.